The zero-order chi connectivity index (χ0) is 17.2. The van der Waals surface area contributed by atoms with E-state index in [0.29, 0.717) is 13.0 Å². The molecule has 0 spiro atoms. The number of carbonyl (C=O) groups is 1. The molecule has 1 atom stereocenters. The molecule has 0 aliphatic heterocycles. The highest BCUT2D eigenvalue weighted by atomic mass is 16.2. The van der Waals surface area contributed by atoms with Gasteiger partial charge in [-0.1, -0.05) is 77.6 Å². The van der Waals surface area contributed by atoms with E-state index in [9.17, 15) is 4.79 Å². The van der Waals surface area contributed by atoms with Crippen LogP contribution in [0.3, 0.4) is 0 Å². The number of rotatable bonds is 17. The second-order valence-electron chi connectivity index (χ2n) is 6.72. The summed E-state index contributed by atoms with van der Waals surface area (Å²) in [5, 5.41) is 2.92. The van der Waals surface area contributed by atoms with Gasteiger partial charge in [0.05, 0.1) is 6.04 Å². The van der Waals surface area contributed by atoms with E-state index in [1.54, 1.807) is 0 Å². The summed E-state index contributed by atoms with van der Waals surface area (Å²) in [6, 6.07) is -0.393. The van der Waals surface area contributed by atoms with E-state index in [1.165, 1.54) is 70.6 Å². The maximum atomic E-state index is 11.7. The second-order valence-corrected chi connectivity index (χ2v) is 6.72. The molecule has 0 saturated heterocycles. The largest absolute Gasteiger partial charge is 0.355 e. The molecule has 0 radical (unpaired) electrons. The third-order valence-corrected chi connectivity index (χ3v) is 4.39. The number of carbonyl (C=O) groups excluding carboxylic acids is 1. The Kier molecular flexibility index (Phi) is 17.3. The average molecular weight is 328 g/mol. The van der Waals surface area contributed by atoms with Crippen molar-refractivity contribution in [1.82, 2.24) is 5.32 Å². The summed E-state index contributed by atoms with van der Waals surface area (Å²) in [5.74, 6) is -0.0264. The summed E-state index contributed by atoms with van der Waals surface area (Å²) in [7, 11) is 0. The van der Waals surface area contributed by atoms with E-state index in [2.05, 4.69) is 12.2 Å². The predicted molar refractivity (Wildman–Crippen MR) is 100 cm³/mol. The minimum absolute atomic E-state index is 0.0264. The monoisotopic (exact) mass is 327 g/mol. The first-order valence-electron chi connectivity index (χ1n) is 9.95. The number of nitrogens with two attached hydrogens (primary N) is 2. The molecular weight excluding hydrogens is 286 g/mol. The fourth-order valence-corrected chi connectivity index (χ4v) is 2.78. The molecule has 0 fully saturated rings. The maximum Gasteiger partial charge on any atom is 0.236 e. The maximum absolute atomic E-state index is 11.7. The smallest absolute Gasteiger partial charge is 0.236 e. The third-order valence-electron chi connectivity index (χ3n) is 4.39. The molecule has 0 aliphatic rings. The van der Waals surface area contributed by atoms with Crippen LogP contribution in [0.25, 0.3) is 0 Å². The molecule has 0 rings (SSSR count). The molecule has 1 unspecified atom stereocenters. The van der Waals surface area contributed by atoms with Gasteiger partial charge in [-0.05, 0) is 25.8 Å². The van der Waals surface area contributed by atoms with Gasteiger partial charge in [0.15, 0.2) is 0 Å². The highest BCUT2D eigenvalue weighted by molar-refractivity contribution is 5.81. The van der Waals surface area contributed by atoms with Crippen molar-refractivity contribution in [2.45, 2.75) is 103 Å². The normalized spacial score (nSPS) is 12.3. The molecule has 4 heteroatoms. The van der Waals surface area contributed by atoms with Gasteiger partial charge in [0.1, 0.15) is 0 Å². The van der Waals surface area contributed by atoms with Gasteiger partial charge in [-0.15, -0.1) is 0 Å². The van der Waals surface area contributed by atoms with Crippen LogP contribution in [0, 0.1) is 0 Å². The molecular formula is C19H41N3O. The number of unbranched alkanes of at least 4 members (excludes halogenated alkanes) is 11. The summed E-state index contributed by atoms with van der Waals surface area (Å²) < 4.78 is 0. The van der Waals surface area contributed by atoms with Crippen LogP contribution >= 0.6 is 0 Å². The van der Waals surface area contributed by atoms with Gasteiger partial charge in [0.25, 0.3) is 0 Å². The Morgan fingerprint density at radius 1 is 0.826 bits per heavy atom. The first-order valence-corrected chi connectivity index (χ1v) is 9.95. The number of hydrogen-bond donors (Lipinski definition) is 3. The van der Waals surface area contributed by atoms with Crippen molar-refractivity contribution < 1.29 is 4.79 Å². The van der Waals surface area contributed by atoms with Crippen LogP contribution in [-0.2, 0) is 4.79 Å². The molecule has 23 heavy (non-hydrogen) atoms. The molecule has 0 aromatic carbocycles. The summed E-state index contributed by atoms with van der Waals surface area (Å²) >= 11 is 0. The lowest BCUT2D eigenvalue weighted by atomic mass is 10.1. The van der Waals surface area contributed by atoms with Crippen molar-refractivity contribution in [3.63, 3.8) is 0 Å². The first kappa shape index (κ1) is 22.4. The quantitative estimate of drug-likeness (QED) is 0.355. The van der Waals surface area contributed by atoms with Crippen molar-refractivity contribution in [3.05, 3.63) is 0 Å². The lowest BCUT2D eigenvalue weighted by Crippen LogP contribution is -2.41. The van der Waals surface area contributed by atoms with Crippen LogP contribution in [-0.4, -0.2) is 25.0 Å². The van der Waals surface area contributed by atoms with E-state index < -0.39 is 6.04 Å². The van der Waals surface area contributed by atoms with Crippen LogP contribution in [0.2, 0.25) is 0 Å². The van der Waals surface area contributed by atoms with E-state index in [-0.39, 0.29) is 5.91 Å². The minimum Gasteiger partial charge on any atom is -0.355 e. The summed E-state index contributed by atoms with van der Waals surface area (Å²) in [4.78, 5) is 11.7. The van der Waals surface area contributed by atoms with Gasteiger partial charge in [-0.2, -0.15) is 0 Å². The van der Waals surface area contributed by atoms with Gasteiger partial charge >= 0.3 is 0 Å². The Labute approximate surface area is 144 Å². The van der Waals surface area contributed by atoms with Crippen molar-refractivity contribution in [1.29, 1.82) is 0 Å². The van der Waals surface area contributed by atoms with Crippen molar-refractivity contribution in [2.24, 2.45) is 11.5 Å². The van der Waals surface area contributed by atoms with Crippen LogP contribution in [0.15, 0.2) is 0 Å². The van der Waals surface area contributed by atoms with Gasteiger partial charge in [-0.3, -0.25) is 4.79 Å². The fraction of sp³-hybridized carbons (Fsp3) is 0.947. The molecule has 0 aliphatic carbocycles. The Morgan fingerprint density at radius 2 is 1.30 bits per heavy atom. The fourth-order valence-electron chi connectivity index (χ4n) is 2.78. The zero-order valence-corrected chi connectivity index (χ0v) is 15.5. The molecule has 1 amide bonds. The number of hydrogen-bond acceptors (Lipinski definition) is 3. The highest BCUT2D eigenvalue weighted by Gasteiger charge is 2.11. The Balaban J connectivity index is 3.19. The Bertz CT molecular complexity index is 259. The van der Waals surface area contributed by atoms with Crippen LogP contribution in [0.4, 0.5) is 0 Å². The summed E-state index contributed by atoms with van der Waals surface area (Å²) in [6.07, 6.45) is 17.5. The molecule has 0 aromatic heterocycles. The molecule has 4 nitrogen and oxygen atoms in total. The molecule has 0 saturated carbocycles. The molecule has 0 bridgehead atoms. The van der Waals surface area contributed by atoms with Gasteiger partial charge < -0.3 is 16.8 Å². The SMILES string of the molecule is CCCCCCCCCCCCCCNC(=O)C(N)CCCN. The highest BCUT2D eigenvalue weighted by Crippen LogP contribution is 2.11. The van der Waals surface area contributed by atoms with Crippen molar-refractivity contribution in [2.75, 3.05) is 13.1 Å². The van der Waals surface area contributed by atoms with Gasteiger partial charge in [-0.25, -0.2) is 0 Å². The lowest BCUT2D eigenvalue weighted by molar-refractivity contribution is -0.122. The Hall–Kier alpha value is -0.610. The van der Waals surface area contributed by atoms with E-state index in [0.717, 1.165) is 19.4 Å². The van der Waals surface area contributed by atoms with Gasteiger partial charge in [0.2, 0.25) is 5.91 Å². The Morgan fingerprint density at radius 3 is 1.78 bits per heavy atom. The number of amides is 1. The van der Waals surface area contributed by atoms with Crippen LogP contribution < -0.4 is 16.8 Å². The third kappa shape index (κ3) is 16.0. The summed E-state index contributed by atoms with van der Waals surface area (Å²) in [5.41, 5.74) is 11.2. The van der Waals surface area contributed by atoms with Gasteiger partial charge in [0, 0.05) is 6.54 Å². The van der Waals surface area contributed by atoms with Crippen molar-refractivity contribution >= 4 is 5.91 Å². The standard InChI is InChI=1S/C19H41N3O/c1-2-3-4-5-6-7-8-9-10-11-12-13-17-22-19(23)18(21)15-14-16-20/h18H,2-17,20-21H2,1H3,(H,22,23). The van der Waals surface area contributed by atoms with Crippen LogP contribution in [0.5, 0.6) is 0 Å². The second kappa shape index (κ2) is 17.7. The molecule has 0 aromatic rings. The first-order chi connectivity index (χ1) is 11.2. The molecule has 0 heterocycles. The minimum atomic E-state index is -0.393. The van der Waals surface area contributed by atoms with E-state index >= 15 is 0 Å². The van der Waals surface area contributed by atoms with E-state index in [1.807, 2.05) is 0 Å². The lowest BCUT2D eigenvalue weighted by Gasteiger charge is -2.11. The summed E-state index contributed by atoms with van der Waals surface area (Å²) in [6.45, 7) is 3.62. The predicted octanol–water partition coefficient (Wildman–Crippen LogP) is 3.87. The topological polar surface area (TPSA) is 81.1 Å². The molecule has 138 valence electrons. The van der Waals surface area contributed by atoms with Crippen molar-refractivity contribution in [3.8, 4) is 0 Å². The van der Waals surface area contributed by atoms with E-state index in [4.69, 9.17) is 11.5 Å². The van der Waals surface area contributed by atoms with Crippen LogP contribution in [0.1, 0.15) is 96.8 Å². The average Bonchev–Trinajstić information content (AvgIpc) is 2.56. The number of nitrogens with one attached hydrogen (secondary N) is 1. The zero-order valence-electron chi connectivity index (χ0n) is 15.5. The molecule has 5 N–H and O–H groups in total.